The zero-order chi connectivity index (χ0) is 22.4. The number of carbonyl (C=O) groups excluding carboxylic acids is 1. The van der Waals surface area contributed by atoms with Crippen LogP contribution in [-0.4, -0.2) is 45.3 Å². The lowest BCUT2D eigenvalue weighted by molar-refractivity contribution is -0.0979. The number of pyridine rings is 1. The summed E-state index contributed by atoms with van der Waals surface area (Å²) in [5.74, 6) is 0.777. The molecule has 0 atom stereocenters. The average molecular weight is 435 g/mol. The van der Waals surface area contributed by atoms with Gasteiger partial charge in [0.05, 0.1) is 23.4 Å². The molecular formula is C23H26N6OS. The summed E-state index contributed by atoms with van der Waals surface area (Å²) >= 11 is 1.51. The van der Waals surface area contributed by atoms with Crippen molar-refractivity contribution in [2.75, 3.05) is 13.3 Å². The van der Waals surface area contributed by atoms with E-state index in [1.165, 1.54) is 17.5 Å². The van der Waals surface area contributed by atoms with Crippen molar-refractivity contribution in [3.05, 3.63) is 77.2 Å². The third-order valence-corrected chi connectivity index (χ3v) is 5.20. The first kappa shape index (κ1) is 22.3. The summed E-state index contributed by atoms with van der Waals surface area (Å²) in [4.78, 5) is 12.3. The van der Waals surface area contributed by atoms with E-state index in [0.29, 0.717) is 6.54 Å². The van der Waals surface area contributed by atoms with Gasteiger partial charge in [-0.3, -0.25) is 9.67 Å². The Morgan fingerprint density at radius 2 is 1.84 bits per heavy atom. The van der Waals surface area contributed by atoms with Crippen LogP contribution >= 0.6 is 11.9 Å². The molecule has 7 nitrogen and oxygen atoms in total. The summed E-state index contributed by atoms with van der Waals surface area (Å²) in [7, 11) is 1.77. The molecule has 0 saturated heterocycles. The maximum atomic E-state index is 8.00. The Hall–Kier alpha value is -3.39. The molecule has 4 rings (SSSR count). The van der Waals surface area contributed by atoms with Gasteiger partial charge in [0.25, 0.3) is 0 Å². The van der Waals surface area contributed by atoms with Crippen molar-refractivity contribution in [1.29, 1.82) is 0 Å². The van der Waals surface area contributed by atoms with Crippen molar-refractivity contribution in [2.24, 2.45) is 4.99 Å². The fourth-order valence-electron chi connectivity index (χ4n) is 3.44. The van der Waals surface area contributed by atoms with Crippen LogP contribution in [0.1, 0.15) is 22.6 Å². The summed E-state index contributed by atoms with van der Waals surface area (Å²) in [5.41, 5.74) is 7.39. The summed E-state index contributed by atoms with van der Waals surface area (Å²) in [6.07, 6.45) is 1.97. The van der Waals surface area contributed by atoms with Crippen LogP contribution in [0.5, 0.6) is 0 Å². The largest absolute Gasteiger partial charge is 0.313 e. The first-order valence-corrected chi connectivity index (χ1v) is 11.0. The van der Waals surface area contributed by atoms with Gasteiger partial charge in [0.15, 0.2) is 5.84 Å². The molecule has 0 bridgehead atoms. The summed E-state index contributed by atoms with van der Waals surface area (Å²) in [6.45, 7) is 6.81. The number of nitrogens with zero attached hydrogens (tertiary/aromatic N) is 5. The van der Waals surface area contributed by atoms with Crippen molar-refractivity contribution in [1.82, 2.24) is 24.1 Å². The number of aryl methyl sites for hydroxylation is 2. The second-order valence-corrected chi connectivity index (χ2v) is 7.58. The molecule has 0 aliphatic heterocycles. The first-order chi connectivity index (χ1) is 15.1. The van der Waals surface area contributed by atoms with Gasteiger partial charge in [0, 0.05) is 24.6 Å². The summed E-state index contributed by atoms with van der Waals surface area (Å²) in [6, 6.07) is 18.8. The maximum absolute atomic E-state index is 8.00. The normalized spacial score (nSPS) is 11.3. The van der Waals surface area contributed by atoms with Gasteiger partial charge < -0.3 is 9.52 Å². The van der Waals surface area contributed by atoms with Crippen molar-refractivity contribution in [3.8, 4) is 11.3 Å². The van der Waals surface area contributed by atoms with Crippen LogP contribution in [0.25, 0.3) is 16.8 Å². The molecular weight excluding hydrogens is 408 g/mol. The van der Waals surface area contributed by atoms with Crippen LogP contribution in [0.2, 0.25) is 0 Å². The third kappa shape index (κ3) is 4.86. The average Bonchev–Trinajstić information content (AvgIpc) is 3.38. The van der Waals surface area contributed by atoms with E-state index in [1.54, 1.807) is 7.05 Å². The predicted molar refractivity (Wildman–Crippen MR) is 128 cm³/mol. The van der Waals surface area contributed by atoms with Crippen LogP contribution in [0, 0.1) is 13.8 Å². The van der Waals surface area contributed by atoms with E-state index in [2.05, 4.69) is 60.0 Å². The van der Waals surface area contributed by atoms with Gasteiger partial charge in [-0.05, 0) is 43.7 Å². The number of hydrogen-bond donors (Lipinski definition) is 1. The van der Waals surface area contributed by atoms with Crippen LogP contribution in [0.15, 0.2) is 59.6 Å². The molecule has 31 heavy (non-hydrogen) atoms. The topological polar surface area (TPSA) is 76.6 Å². The molecule has 8 heteroatoms. The molecule has 0 aliphatic carbocycles. The number of aliphatic imine (C=N–C) groups is 1. The lowest BCUT2D eigenvalue weighted by Crippen LogP contribution is -2.18. The fraction of sp³-hybridized carbons (Fsp3) is 0.217. The summed E-state index contributed by atoms with van der Waals surface area (Å²) < 4.78 is 7.21. The Morgan fingerprint density at radius 1 is 1.10 bits per heavy atom. The van der Waals surface area contributed by atoms with Crippen LogP contribution in [-0.2, 0) is 11.3 Å². The number of aromatic nitrogens is 4. The summed E-state index contributed by atoms with van der Waals surface area (Å²) in [5, 5.41) is 9.64. The van der Waals surface area contributed by atoms with Gasteiger partial charge in [-0.15, -0.1) is 0 Å². The van der Waals surface area contributed by atoms with Gasteiger partial charge >= 0.3 is 0 Å². The van der Waals surface area contributed by atoms with E-state index in [1.807, 2.05) is 40.4 Å². The minimum absolute atomic E-state index is 0.635. The van der Waals surface area contributed by atoms with Gasteiger partial charge in [-0.2, -0.15) is 10.2 Å². The molecule has 3 aromatic heterocycles. The van der Waals surface area contributed by atoms with E-state index in [9.17, 15) is 0 Å². The number of nitrogens with one attached hydrogen (secondary N) is 1. The van der Waals surface area contributed by atoms with E-state index in [4.69, 9.17) is 15.0 Å². The lowest BCUT2D eigenvalue weighted by Gasteiger charge is -2.09. The monoisotopic (exact) mass is 434 g/mol. The Labute approximate surface area is 186 Å². The molecule has 0 fully saturated rings. The fourth-order valence-corrected chi connectivity index (χ4v) is 3.83. The highest BCUT2D eigenvalue weighted by atomic mass is 32.2. The van der Waals surface area contributed by atoms with Gasteiger partial charge in [-0.1, -0.05) is 42.3 Å². The predicted octanol–water partition coefficient (Wildman–Crippen LogP) is 3.92. The van der Waals surface area contributed by atoms with Gasteiger partial charge in [-0.25, -0.2) is 4.52 Å². The number of amidine groups is 1. The molecule has 1 N–H and O–H groups in total. The molecule has 0 radical (unpaired) electrons. The molecule has 3 heterocycles. The van der Waals surface area contributed by atoms with Crippen molar-refractivity contribution < 1.29 is 4.79 Å². The SMILES string of the molecule is C=O.CN=C(NSC)c1cc(C)n(Cc2cc(C)cc3cc(-c4ccccc4)nn23)n1. The second-order valence-electron chi connectivity index (χ2n) is 6.96. The molecule has 0 amide bonds. The first-order valence-electron chi connectivity index (χ1n) is 9.73. The van der Waals surface area contributed by atoms with E-state index in [0.717, 1.165) is 39.7 Å². The number of benzene rings is 1. The zero-order valence-electron chi connectivity index (χ0n) is 18.2. The van der Waals surface area contributed by atoms with Crippen LogP contribution < -0.4 is 4.72 Å². The number of hydrogen-bond acceptors (Lipinski definition) is 5. The van der Waals surface area contributed by atoms with Crippen molar-refractivity contribution in [2.45, 2.75) is 20.4 Å². The van der Waals surface area contributed by atoms with Crippen molar-refractivity contribution >= 4 is 30.1 Å². The van der Waals surface area contributed by atoms with E-state index < -0.39 is 0 Å². The van der Waals surface area contributed by atoms with Crippen LogP contribution in [0.3, 0.4) is 0 Å². The number of rotatable bonds is 5. The molecule has 0 aliphatic rings. The number of fused-ring (bicyclic) bond motifs is 1. The molecule has 4 aromatic rings. The minimum atomic E-state index is 0.635. The maximum Gasteiger partial charge on any atom is 0.158 e. The van der Waals surface area contributed by atoms with E-state index in [-0.39, 0.29) is 0 Å². The molecule has 160 valence electrons. The Bertz CT molecular complexity index is 1200. The molecule has 0 saturated carbocycles. The third-order valence-electron chi connectivity index (χ3n) is 4.81. The van der Waals surface area contributed by atoms with Crippen LogP contribution in [0.4, 0.5) is 0 Å². The highest BCUT2D eigenvalue weighted by Crippen LogP contribution is 2.22. The standard InChI is InChI=1S/C22H24N6S.CH2O/c1-15-10-18-13-20(17-8-6-5-7-9-17)25-28(18)19(11-15)14-27-16(2)12-21(24-27)22(23-3)26-29-4;1-2/h5-13H,14H2,1-4H3,(H,23,26);1H2. The minimum Gasteiger partial charge on any atom is -0.313 e. The van der Waals surface area contributed by atoms with E-state index >= 15 is 0 Å². The second kappa shape index (κ2) is 10.1. The highest BCUT2D eigenvalue weighted by molar-refractivity contribution is 7.97. The van der Waals surface area contributed by atoms with Crippen molar-refractivity contribution in [3.63, 3.8) is 0 Å². The lowest BCUT2D eigenvalue weighted by atomic mass is 10.1. The quantitative estimate of drug-likeness (QED) is 0.293. The van der Waals surface area contributed by atoms with Gasteiger partial charge in [0.1, 0.15) is 12.5 Å². The molecule has 0 unspecified atom stereocenters. The molecule has 0 spiro atoms. The highest BCUT2D eigenvalue weighted by Gasteiger charge is 2.13. The Morgan fingerprint density at radius 3 is 2.52 bits per heavy atom. The molecule has 1 aromatic carbocycles. The Balaban J connectivity index is 0.00000132. The Kier molecular flexibility index (Phi) is 7.25. The number of carbonyl (C=O) groups is 1. The zero-order valence-corrected chi connectivity index (χ0v) is 19.0. The smallest absolute Gasteiger partial charge is 0.158 e. The van der Waals surface area contributed by atoms with Gasteiger partial charge in [0.2, 0.25) is 0 Å².